The van der Waals surface area contributed by atoms with Gasteiger partial charge in [-0.15, -0.1) is 10.2 Å². The molecular weight excluding hydrogens is 395 g/mol. The summed E-state index contributed by atoms with van der Waals surface area (Å²) in [5.41, 5.74) is 1.33. The minimum absolute atomic E-state index is 0.00540. The van der Waals surface area contributed by atoms with Crippen molar-refractivity contribution < 1.29 is 18.4 Å². The first-order valence-corrected chi connectivity index (χ1v) is 10.2. The van der Waals surface area contributed by atoms with Crippen LogP contribution >= 0.6 is 11.3 Å². The molecule has 1 aliphatic heterocycles. The van der Waals surface area contributed by atoms with Gasteiger partial charge in [-0.1, -0.05) is 0 Å². The number of carbonyl (C=O) groups excluding carboxylic acids is 2. The number of rotatable bonds is 5. The van der Waals surface area contributed by atoms with Crippen molar-refractivity contribution in [2.75, 3.05) is 26.2 Å². The highest BCUT2D eigenvalue weighted by Crippen LogP contribution is 2.21. The van der Waals surface area contributed by atoms with Crippen molar-refractivity contribution in [3.63, 3.8) is 0 Å². The monoisotopic (exact) mass is 414 g/mol. The SMILES string of the molecule is O=C(CCc1nnc(-c2ccsc2)o1)N1CCN(C(=O)c2ccc(F)cc2)CC1. The van der Waals surface area contributed by atoms with Gasteiger partial charge in [0.25, 0.3) is 5.91 Å². The average Bonchev–Trinajstić information content (AvgIpc) is 3.44. The van der Waals surface area contributed by atoms with Crippen LogP contribution in [0.4, 0.5) is 4.39 Å². The molecule has 0 spiro atoms. The molecule has 1 aliphatic rings. The zero-order chi connectivity index (χ0) is 20.2. The Morgan fingerprint density at radius 2 is 1.76 bits per heavy atom. The third kappa shape index (κ3) is 4.51. The number of carbonyl (C=O) groups is 2. The van der Waals surface area contributed by atoms with Crippen LogP contribution < -0.4 is 0 Å². The Bertz CT molecular complexity index is 980. The van der Waals surface area contributed by atoms with Gasteiger partial charge in [0, 0.05) is 55.5 Å². The largest absolute Gasteiger partial charge is 0.421 e. The van der Waals surface area contributed by atoms with Gasteiger partial charge in [-0.25, -0.2) is 4.39 Å². The molecule has 29 heavy (non-hydrogen) atoms. The van der Waals surface area contributed by atoms with Crippen molar-refractivity contribution in [1.82, 2.24) is 20.0 Å². The van der Waals surface area contributed by atoms with Crippen LogP contribution in [-0.2, 0) is 11.2 Å². The maximum absolute atomic E-state index is 13.0. The fourth-order valence-electron chi connectivity index (χ4n) is 3.16. The van der Waals surface area contributed by atoms with Gasteiger partial charge in [0.05, 0.1) is 0 Å². The molecule has 3 heterocycles. The molecule has 0 saturated carbocycles. The second kappa shape index (κ2) is 8.52. The van der Waals surface area contributed by atoms with Crippen LogP contribution in [0.1, 0.15) is 22.7 Å². The van der Waals surface area contributed by atoms with E-state index in [2.05, 4.69) is 10.2 Å². The van der Waals surface area contributed by atoms with Crippen molar-refractivity contribution in [1.29, 1.82) is 0 Å². The van der Waals surface area contributed by atoms with Crippen LogP contribution in [0.5, 0.6) is 0 Å². The molecule has 0 bridgehead atoms. The number of hydrogen-bond donors (Lipinski definition) is 0. The number of nitrogens with zero attached hydrogens (tertiary/aromatic N) is 4. The summed E-state index contributed by atoms with van der Waals surface area (Å²) in [6.45, 7) is 1.83. The van der Waals surface area contributed by atoms with Crippen LogP contribution in [0, 0.1) is 5.82 Å². The lowest BCUT2D eigenvalue weighted by Gasteiger charge is -2.34. The minimum Gasteiger partial charge on any atom is -0.421 e. The van der Waals surface area contributed by atoms with E-state index < -0.39 is 0 Å². The lowest BCUT2D eigenvalue weighted by molar-refractivity contribution is -0.132. The molecule has 1 fully saturated rings. The molecule has 0 radical (unpaired) electrons. The fraction of sp³-hybridized carbons (Fsp3) is 0.300. The first-order valence-electron chi connectivity index (χ1n) is 9.28. The number of amides is 2. The predicted molar refractivity (Wildman–Crippen MR) is 105 cm³/mol. The second-order valence-corrected chi connectivity index (χ2v) is 7.47. The Kier molecular flexibility index (Phi) is 5.66. The van der Waals surface area contributed by atoms with Crippen LogP contribution in [0.25, 0.3) is 11.5 Å². The highest BCUT2D eigenvalue weighted by molar-refractivity contribution is 7.08. The molecule has 2 amide bonds. The summed E-state index contributed by atoms with van der Waals surface area (Å²) in [6, 6.07) is 7.40. The molecule has 1 aromatic carbocycles. The quantitative estimate of drug-likeness (QED) is 0.641. The number of piperazine rings is 1. The van der Waals surface area contributed by atoms with E-state index in [1.807, 2.05) is 16.8 Å². The summed E-state index contributed by atoms with van der Waals surface area (Å²) in [4.78, 5) is 28.4. The summed E-state index contributed by atoms with van der Waals surface area (Å²) in [5, 5.41) is 11.9. The van der Waals surface area contributed by atoms with Crippen molar-refractivity contribution in [3.05, 3.63) is 58.4 Å². The summed E-state index contributed by atoms with van der Waals surface area (Å²) < 4.78 is 18.6. The van der Waals surface area contributed by atoms with E-state index in [0.29, 0.717) is 49.9 Å². The third-order valence-electron chi connectivity index (χ3n) is 4.80. The van der Waals surface area contributed by atoms with Crippen molar-refractivity contribution in [2.45, 2.75) is 12.8 Å². The van der Waals surface area contributed by atoms with Crippen LogP contribution in [0.2, 0.25) is 0 Å². The van der Waals surface area contributed by atoms with E-state index in [0.717, 1.165) is 5.56 Å². The number of halogens is 1. The Morgan fingerprint density at radius 3 is 2.45 bits per heavy atom. The van der Waals surface area contributed by atoms with E-state index >= 15 is 0 Å². The highest BCUT2D eigenvalue weighted by Gasteiger charge is 2.25. The van der Waals surface area contributed by atoms with E-state index in [1.54, 1.807) is 21.1 Å². The van der Waals surface area contributed by atoms with Gasteiger partial charge >= 0.3 is 0 Å². The molecule has 150 valence electrons. The van der Waals surface area contributed by atoms with Gasteiger partial charge in [-0.05, 0) is 35.7 Å². The summed E-state index contributed by atoms with van der Waals surface area (Å²) in [5.74, 6) is 0.366. The molecule has 9 heteroatoms. The number of hydrogen-bond acceptors (Lipinski definition) is 6. The topological polar surface area (TPSA) is 79.5 Å². The Morgan fingerprint density at radius 1 is 1.03 bits per heavy atom. The number of thiophene rings is 1. The molecule has 4 rings (SSSR count). The third-order valence-corrected chi connectivity index (χ3v) is 5.48. The van der Waals surface area contributed by atoms with Crippen LogP contribution in [0.15, 0.2) is 45.5 Å². The number of benzene rings is 1. The van der Waals surface area contributed by atoms with Crippen molar-refractivity contribution >= 4 is 23.2 Å². The first kappa shape index (κ1) is 19.3. The lowest BCUT2D eigenvalue weighted by Crippen LogP contribution is -2.50. The van der Waals surface area contributed by atoms with Crippen molar-refractivity contribution in [3.8, 4) is 11.5 Å². The van der Waals surface area contributed by atoms with Crippen LogP contribution in [0.3, 0.4) is 0 Å². The molecule has 7 nitrogen and oxygen atoms in total. The fourth-order valence-corrected chi connectivity index (χ4v) is 3.79. The molecular formula is C20H19FN4O3S. The first-order chi connectivity index (χ1) is 14.1. The molecule has 0 N–H and O–H groups in total. The number of aryl methyl sites for hydroxylation is 1. The van der Waals surface area contributed by atoms with Gasteiger partial charge < -0.3 is 14.2 Å². The minimum atomic E-state index is -0.374. The smallest absolute Gasteiger partial charge is 0.253 e. The van der Waals surface area contributed by atoms with E-state index in [-0.39, 0.29) is 24.1 Å². The molecule has 0 unspecified atom stereocenters. The molecule has 0 atom stereocenters. The van der Waals surface area contributed by atoms with E-state index in [4.69, 9.17) is 4.42 Å². The van der Waals surface area contributed by atoms with Gasteiger partial charge in [0.2, 0.25) is 17.7 Å². The predicted octanol–water partition coefficient (Wildman–Crippen LogP) is 2.85. The zero-order valence-corrected chi connectivity index (χ0v) is 16.4. The van der Waals surface area contributed by atoms with Gasteiger partial charge in [0.15, 0.2) is 0 Å². The van der Waals surface area contributed by atoms with Gasteiger partial charge in [0.1, 0.15) is 5.82 Å². The molecule has 0 aliphatic carbocycles. The average molecular weight is 414 g/mol. The maximum Gasteiger partial charge on any atom is 0.253 e. The van der Waals surface area contributed by atoms with E-state index in [9.17, 15) is 14.0 Å². The summed E-state index contributed by atoms with van der Waals surface area (Å²) >= 11 is 1.55. The molecule has 1 saturated heterocycles. The molecule has 2 aromatic heterocycles. The summed E-state index contributed by atoms with van der Waals surface area (Å²) in [7, 11) is 0. The summed E-state index contributed by atoms with van der Waals surface area (Å²) in [6.07, 6.45) is 0.655. The maximum atomic E-state index is 13.0. The normalized spacial score (nSPS) is 14.2. The van der Waals surface area contributed by atoms with Crippen molar-refractivity contribution in [2.24, 2.45) is 0 Å². The standard InChI is InChI=1S/C20H19FN4O3S/c21-16-3-1-14(2-4-16)20(27)25-10-8-24(9-11-25)18(26)6-5-17-22-23-19(28-17)15-7-12-29-13-15/h1-4,7,12-13H,5-6,8-11H2. The van der Waals surface area contributed by atoms with E-state index in [1.165, 1.54) is 24.3 Å². The Hall–Kier alpha value is -3.07. The second-order valence-electron chi connectivity index (χ2n) is 6.69. The number of aromatic nitrogens is 2. The molecule has 3 aromatic rings. The highest BCUT2D eigenvalue weighted by atomic mass is 32.1. The van der Waals surface area contributed by atoms with Gasteiger partial charge in [-0.2, -0.15) is 11.3 Å². The van der Waals surface area contributed by atoms with Crippen LogP contribution in [-0.4, -0.2) is 58.0 Å². The zero-order valence-electron chi connectivity index (χ0n) is 15.6. The Balaban J connectivity index is 1.26. The van der Waals surface area contributed by atoms with Gasteiger partial charge in [-0.3, -0.25) is 9.59 Å². The lowest BCUT2D eigenvalue weighted by atomic mass is 10.1. The Labute approximate surface area is 170 Å².